The fourth-order valence-electron chi connectivity index (χ4n) is 4.71. The maximum atomic E-state index is 13.7. The number of carbonyl (C=O) groups excluding carboxylic acids is 1. The van der Waals surface area contributed by atoms with Crippen molar-refractivity contribution >= 4 is 22.6 Å². The molecule has 1 amide bonds. The second-order valence-electron chi connectivity index (χ2n) is 9.05. The number of aryl methyl sites for hydroxylation is 1. The topological polar surface area (TPSA) is 69.0 Å². The number of nitrogens with zero attached hydrogens (tertiary/aromatic N) is 1. The minimum absolute atomic E-state index is 0.0723. The van der Waals surface area contributed by atoms with Crippen molar-refractivity contribution in [3.8, 4) is 11.5 Å². The van der Waals surface area contributed by atoms with Crippen molar-refractivity contribution in [2.24, 2.45) is 0 Å². The van der Waals surface area contributed by atoms with Crippen molar-refractivity contribution in [1.29, 1.82) is 0 Å². The van der Waals surface area contributed by atoms with Gasteiger partial charge in [-0.15, -0.1) is 0 Å². The molecular weight excluding hydrogens is 454 g/mol. The summed E-state index contributed by atoms with van der Waals surface area (Å²) < 4.78 is 17.6. The van der Waals surface area contributed by atoms with Crippen LogP contribution in [0.4, 0.5) is 5.69 Å². The molecule has 1 unspecified atom stereocenters. The van der Waals surface area contributed by atoms with Crippen LogP contribution in [0.2, 0.25) is 0 Å². The van der Waals surface area contributed by atoms with E-state index in [1.807, 2.05) is 49.4 Å². The van der Waals surface area contributed by atoms with Gasteiger partial charge in [-0.2, -0.15) is 0 Å². The Balaban J connectivity index is 1.66. The predicted octanol–water partition coefficient (Wildman–Crippen LogP) is 6.43. The van der Waals surface area contributed by atoms with Crippen LogP contribution in [-0.2, 0) is 0 Å². The SMILES string of the molecule is CCCCCOc1ccc(C2c3c(oc4ccccc4c3=O)C(=O)N2c2ccc(C)cc2)cc1OC. The Kier molecular flexibility index (Phi) is 6.51. The molecule has 0 saturated carbocycles. The minimum atomic E-state index is -0.667. The zero-order valence-corrected chi connectivity index (χ0v) is 20.7. The van der Waals surface area contributed by atoms with E-state index in [1.165, 1.54) is 0 Å². The molecule has 5 rings (SSSR count). The molecule has 0 N–H and O–H groups in total. The van der Waals surface area contributed by atoms with Crippen LogP contribution < -0.4 is 19.8 Å². The highest BCUT2D eigenvalue weighted by atomic mass is 16.5. The number of methoxy groups -OCH3 is 1. The summed E-state index contributed by atoms with van der Waals surface area (Å²) in [5.41, 5.74) is 3.02. The van der Waals surface area contributed by atoms with Gasteiger partial charge in [-0.25, -0.2) is 0 Å². The first-order valence-electron chi connectivity index (χ1n) is 12.3. The Morgan fingerprint density at radius 2 is 1.72 bits per heavy atom. The van der Waals surface area contributed by atoms with Gasteiger partial charge in [0.1, 0.15) is 5.58 Å². The van der Waals surface area contributed by atoms with Gasteiger partial charge < -0.3 is 13.9 Å². The van der Waals surface area contributed by atoms with Crippen LogP contribution in [0.1, 0.15) is 59.5 Å². The minimum Gasteiger partial charge on any atom is -0.493 e. The first-order valence-corrected chi connectivity index (χ1v) is 12.3. The molecule has 0 radical (unpaired) electrons. The van der Waals surface area contributed by atoms with E-state index in [9.17, 15) is 9.59 Å². The van der Waals surface area contributed by atoms with Gasteiger partial charge in [-0.1, -0.05) is 55.7 Å². The van der Waals surface area contributed by atoms with E-state index < -0.39 is 6.04 Å². The summed E-state index contributed by atoms with van der Waals surface area (Å²) in [6.45, 7) is 4.73. The smallest absolute Gasteiger partial charge is 0.295 e. The lowest BCUT2D eigenvalue weighted by Crippen LogP contribution is -2.29. The molecule has 184 valence electrons. The fraction of sp³-hybridized carbons (Fsp3) is 0.267. The molecule has 1 atom stereocenters. The first kappa shape index (κ1) is 23.7. The molecule has 1 aromatic heterocycles. The number of para-hydroxylation sites is 1. The molecule has 1 aliphatic rings. The molecule has 0 aliphatic carbocycles. The van der Waals surface area contributed by atoms with Crippen molar-refractivity contribution in [3.63, 3.8) is 0 Å². The first-order chi connectivity index (χ1) is 17.5. The number of carbonyl (C=O) groups is 1. The molecule has 36 heavy (non-hydrogen) atoms. The lowest BCUT2D eigenvalue weighted by molar-refractivity contribution is 0.0971. The van der Waals surface area contributed by atoms with Crippen LogP contribution in [0, 0.1) is 6.92 Å². The van der Waals surface area contributed by atoms with Gasteiger partial charge in [0, 0.05) is 5.69 Å². The summed E-state index contributed by atoms with van der Waals surface area (Å²) in [4.78, 5) is 29.1. The molecule has 0 spiro atoms. The summed E-state index contributed by atoms with van der Waals surface area (Å²) in [5, 5.41) is 0.447. The standard InChI is InChI=1S/C30H29NO5/c1-4-5-8-17-35-24-16-13-20(18-25(24)34-3)27-26-28(32)22-9-6-7-10-23(22)36-29(26)30(33)31(27)21-14-11-19(2)12-15-21/h6-7,9-16,18,27H,4-5,8,17H2,1-3H3. The molecule has 2 heterocycles. The van der Waals surface area contributed by atoms with Crippen molar-refractivity contribution in [3.05, 3.63) is 99.4 Å². The monoisotopic (exact) mass is 483 g/mol. The van der Waals surface area contributed by atoms with E-state index in [2.05, 4.69) is 6.92 Å². The third kappa shape index (κ3) is 4.13. The molecule has 0 bridgehead atoms. The zero-order chi connectivity index (χ0) is 25.2. The van der Waals surface area contributed by atoms with Crippen molar-refractivity contribution in [2.45, 2.75) is 39.2 Å². The normalized spacial score (nSPS) is 14.8. The van der Waals surface area contributed by atoms with E-state index in [0.717, 1.165) is 30.4 Å². The maximum absolute atomic E-state index is 13.7. The van der Waals surface area contributed by atoms with E-state index in [1.54, 1.807) is 36.3 Å². The molecular formula is C30H29NO5. The van der Waals surface area contributed by atoms with Crippen LogP contribution >= 0.6 is 0 Å². The number of ether oxygens (including phenoxy) is 2. The van der Waals surface area contributed by atoms with Gasteiger partial charge in [-0.05, 0) is 55.3 Å². The van der Waals surface area contributed by atoms with Gasteiger partial charge in [-0.3, -0.25) is 14.5 Å². The number of hydrogen-bond acceptors (Lipinski definition) is 5. The predicted molar refractivity (Wildman–Crippen MR) is 140 cm³/mol. The summed E-state index contributed by atoms with van der Waals surface area (Å²) in [7, 11) is 1.59. The van der Waals surface area contributed by atoms with Crippen LogP contribution in [0.3, 0.4) is 0 Å². The summed E-state index contributed by atoms with van der Waals surface area (Å²) >= 11 is 0. The number of amides is 1. The van der Waals surface area contributed by atoms with Crippen LogP contribution in [0.15, 0.2) is 75.9 Å². The number of anilines is 1. The lowest BCUT2D eigenvalue weighted by atomic mass is 9.97. The maximum Gasteiger partial charge on any atom is 0.295 e. The summed E-state index contributed by atoms with van der Waals surface area (Å²) in [6.07, 6.45) is 3.17. The third-order valence-electron chi connectivity index (χ3n) is 6.60. The molecule has 0 fully saturated rings. The Morgan fingerprint density at radius 1 is 0.944 bits per heavy atom. The molecule has 6 heteroatoms. The number of hydrogen-bond donors (Lipinski definition) is 0. The highest BCUT2D eigenvalue weighted by Crippen LogP contribution is 2.43. The highest BCUT2D eigenvalue weighted by Gasteiger charge is 2.43. The zero-order valence-electron chi connectivity index (χ0n) is 20.7. The van der Waals surface area contributed by atoms with Crippen molar-refractivity contribution in [1.82, 2.24) is 0 Å². The molecule has 0 saturated heterocycles. The summed E-state index contributed by atoms with van der Waals surface area (Å²) in [5.74, 6) is 0.914. The number of rotatable bonds is 8. The third-order valence-corrected chi connectivity index (χ3v) is 6.60. The van der Waals surface area contributed by atoms with Gasteiger partial charge in [0.25, 0.3) is 5.91 Å². The lowest BCUT2D eigenvalue weighted by Gasteiger charge is -2.26. The average molecular weight is 484 g/mol. The number of benzene rings is 3. The Morgan fingerprint density at radius 3 is 2.47 bits per heavy atom. The van der Waals surface area contributed by atoms with E-state index >= 15 is 0 Å². The average Bonchev–Trinajstić information content (AvgIpc) is 3.19. The van der Waals surface area contributed by atoms with Gasteiger partial charge in [0.15, 0.2) is 16.9 Å². The quantitative estimate of drug-likeness (QED) is 0.270. The highest BCUT2D eigenvalue weighted by molar-refractivity contribution is 6.10. The Hall–Kier alpha value is -4.06. The van der Waals surface area contributed by atoms with E-state index in [0.29, 0.717) is 40.3 Å². The molecule has 6 nitrogen and oxygen atoms in total. The number of unbranched alkanes of at least 4 members (excludes halogenated alkanes) is 2. The largest absolute Gasteiger partial charge is 0.493 e. The molecule has 3 aromatic carbocycles. The fourth-order valence-corrected chi connectivity index (χ4v) is 4.71. The van der Waals surface area contributed by atoms with E-state index in [-0.39, 0.29) is 17.1 Å². The number of fused-ring (bicyclic) bond motifs is 2. The summed E-state index contributed by atoms with van der Waals surface area (Å²) in [6, 6.07) is 19.6. The second-order valence-corrected chi connectivity index (χ2v) is 9.05. The Labute approximate surface area is 210 Å². The van der Waals surface area contributed by atoms with Gasteiger partial charge >= 0.3 is 0 Å². The Bertz CT molecular complexity index is 1470. The van der Waals surface area contributed by atoms with Crippen LogP contribution in [-0.4, -0.2) is 19.6 Å². The van der Waals surface area contributed by atoms with Crippen molar-refractivity contribution < 1.29 is 18.7 Å². The van der Waals surface area contributed by atoms with Crippen LogP contribution in [0.5, 0.6) is 11.5 Å². The second kappa shape index (κ2) is 9.90. The van der Waals surface area contributed by atoms with Gasteiger partial charge in [0.2, 0.25) is 5.76 Å². The van der Waals surface area contributed by atoms with Gasteiger partial charge in [0.05, 0.1) is 30.7 Å². The van der Waals surface area contributed by atoms with Crippen LogP contribution in [0.25, 0.3) is 11.0 Å². The molecule has 4 aromatic rings. The molecule has 1 aliphatic heterocycles. The van der Waals surface area contributed by atoms with Crippen molar-refractivity contribution in [2.75, 3.05) is 18.6 Å². The van der Waals surface area contributed by atoms with E-state index in [4.69, 9.17) is 13.9 Å².